The predicted octanol–water partition coefficient (Wildman–Crippen LogP) is 0.828. The van der Waals surface area contributed by atoms with Crippen molar-refractivity contribution in [3.63, 3.8) is 0 Å². The number of carbonyl (C=O) groups excluding carboxylic acids is 2. The molecule has 0 spiro atoms. The lowest BCUT2D eigenvalue weighted by Crippen LogP contribution is -2.07. The first-order valence-electron chi connectivity index (χ1n) is 7.37. The lowest BCUT2D eigenvalue weighted by Gasteiger charge is -2.06. The van der Waals surface area contributed by atoms with Gasteiger partial charge in [0.05, 0.1) is 26.1 Å². The van der Waals surface area contributed by atoms with Crippen LogP contribution in [0.15, 0.2) is 24.3 Å². The lowest BCUT2D eigenvalue weighted by molar-refractivity contribution is -0.137. The molecule has 2 amide bonds. The minimum absolute atomic E-state index is 0.102. The number of primary amides is 2. The minimum atomic E-state index is -0.965. The predicted molar refractivity (Wildman–Crippen MR) is 92.6 cm³/mol. The van der Waals surface area contributed by atoms with Gasteiger partial charge in [-0.25, -0.2) is 0 Å². The number of carbonyl (C=O) groups is 4. The van der Waals surface area contributed by atoms with E-state index in [9.17, 15) is 19.2 Å². The molecule has 0 aliphatic carbocycles. The number of hydrogen-bond acceptors (Lipinski definition) is 5. The molecule has 0 bridgehead atoms. The van der Waals surface area contributed by atoms with Crippen molar-refractivity contribution in [2.24, 2.45) is 11.5 Å². The largest absolute Gasteiger partial charge is 0.481 e. The second-order valence-corrected chi connectivity index (χ2v) is 4.77. The molecule has 0 saturated heterocycles. The van der Waals surface area contributed by atoms with Crippen LogP contribution >= 0.6 is 0 Å². The second kappa shape index (κ2) is 17.7. The van der Waals surface area contributed by atoms with Gasteiger partial charge in [0, 0.05) is 12.8 Å². The molecular weight excluding hydrogens is 332 g/mol. The average Bonchev–Trinajstić information content (AvgIpc) is 2.46. The molecule has 144 valence electrons. The number of amides is 2. The fraction of sp³-hybridized carbons (Fsp3) is 0.500. The first-order chi connectivity index (χ1) is 11.5. The summed E-state index contributed by atoms with van der Waals surface area (Å²) in [7, 11) is 0. The van der Waals surface area contributed by atoms with E-state index < -0.39 is 11.9 Å². The summed E-state index contributed by atoms with van der Waals surface area (Å²) in [6.45, 7) is 10.7. The number of carboxylic acid groups (broad SMARTS) is 2. The first-order valence-corrected chi connectivity index (χ1v) is 7.37. The van der Waals surface area contributed by atoms with Crippen molar-refractivity contribution < 1.29 is 34.1 Å². The normalized spacial score (nSPS) is 8.72. The van der Waals surface area contributed by atoms with Crippen LogP contribution in [0.3, 0.4) is 0 Å². The van der Waals surface area contributed by atoms with Crippen molar-refractivity contribution in [1.82, 2.24) is 0 Å². The Labute approximate surface area is 147 Å². The van der Waals surface area contributed by atoms with Crippen LogP contribution < -0.4 is 11.5 Å². The van der Waals surface area contributed by atoms with Crippen LogP contribution in [0.1, 0.15) is 39.5 Å². The molecule has 0 aromatic rings. The average molecular weight is 360 g/mol. The molecule has 0 saturated carbocycles. The van der Waals surface area contributed by atoms with Crippen molar-refractivity contribution in [2.45, 2.75) is 39.5 Å². The lowest BCUT2D eigenvalue weighted by atomic mass is 10.2. The Morgan fingerprint density at radius 1 is 0.800 bits per heavy atom. The number of ether oxygens (including phenoxy) is 1. The highest BCUT2D eigenvalue weighted by Crippen LogP contribution is 2.02. The smallest absolute Gasteiger partial charge is 0.307 e. The Kier molecular flexibility index (Phi) is 19.2. The molecular formula is C16H28N2O7. The Hall–Kier alpha value is -2.68. The van der Waals surface area contributed by atoms with E-state index in [0.717, 1.165) is 0 Å². The molecule has 0 fully saturated rings. The van der Waals surface area contributed by atoms with Gasteiger partial charge in [0.1, 0.15) is 0 Å². The fourth-order valence-electron chi connectivity index (χ4n) is 0.869. The molecule has 9 nitrogen and oxygen atoms in total. The van der Waals surface area contributed by atoms with Crippen molar-refractivity contribution in [2.75, 3.05) is 13.2 Å². The van der Waals surface area contributed by atoms with E-state index in [4.69, 9.17) is 14.9 Å². The maximum atomic E-state index is 10.2. The number of aliphatic carboxylic acids is 2. The molecule has 0 aliphatic rings. The van der Waals surface area contributed by atoms with Crippen molar-refractivity contribution in [1.29, 1.82) is 0 Å². The highest BCUT2D eigenvalue weighted by atomic mass is 16.5. The third-order valence-electron chi connectivity index (χ3n) is 2.11. The summed E-state index contributed by atoms with van der Waals surface area (Å²) in [4.78, 5) is 39.7. The number of rotatable bonds is 10. The van der Waals surface area contributed by atoms with Gasteiger partial charge in [-0.05, 0) is 11.1 Å². The summed E-state index contributed by atoms with van der Waals surface area (Å²) < 4.78 is 5.03. The summed E-state index contributed by atoms with van der Waals surface area (Å²) in [5.41, 5.74) is 10.2. The molecule has 0 aromatic heterocycles. The SMILES string of the molecule is C=C(COCC(=C)CC(=O)O)CC(=O)O.CCC(N)=O.CCC(N)=O. The Bertz CT molecular complexity index is 431. The van der Waals surface area contributed by atoms with Crippen LogP contribution in [0.25, 0.3) is 0 Å². The zero-order valence-corrected chi connectivity index (χ0v) is 14.7. The van der Waals surface area contributed by atoms with E-state index in [1.54, 1.807) is 13.8 Å². The van der Waals surface area contributed by atoms with E-state index in [1.807, 2.05) is 0 Å². The summed E-state index contributed by atoms with van der Waals surface area (Å²) in [5, 5.41) is 16.8. The van der Waals surface area contributed by atoms with Crippen molar-refractivity contribution >= 4 is 23.8 Å². The molecule has 6 N–H and O–H groups in total. The zero-order chi connectivity index (χ0) is 20.4. The Morgan fingerprint density at radius 2 is 1.04 bits per heavy atom. The topological polar surface area (TPSA) is 170 Å². The van der Waals surface area contributed by atoms with Crippen LogP contribution in [-0.4, -0.2) is 47.2 Å². The third-order valence-corrected chi connectivity index (χ3v) is 2.11. The summed E-state index contributed by atoms with van der Waals surface area (Å²) in [5.74, 6) is -2.42. The van der Waals surface area contributed by atoms with Crippen LogP contribution in [0.2, 0.25) is 0 Å². The van der Waals surface area contributed by atoms with Gasteiger partial charge in [0.2, 0.25) is 11.8 Å². The molecule has 0 aromatic carbocycles. The summed E-state index contributed by atoms with van der Waals surface area (Å²) in [6.07, 6.45) is 0.594. The maximum absolute atomic E-state index is 10.2. The Balaban J connectivity index is -0.000000396. The van der Waals surface area contributed by atoms with Crippen LogP contribution in [0.5, 0.6) is 0 Å². The van der Waals surface area contributed by atoms with E-state index >= 15 is 0 Å². The van der Waals surface area contributed by atoms with Gasteiger partial charge >= 0.3 is 11.9 Å². The molecule has 25 heavy (non-hydrogen) atoms. The van der Waals surface area contributed by atoms with Gasteiger partial charge in [0.25, 0.3) is 0 Å². The van der Waals surface area contributed by atoms with Gasteiger partial charge in [0.15, 0.2) is 0 Å². The Morgan fingerprint density at radius 3 is 1.20 bits per heavy atom. The fourth-order valence-corrected chi connectivity index (χ4v) is 0.869. The van der Waals surface area contributed by atoms with E-state index in [1.165, 1.54) is 0 Å². The summed E-state index contributed by atoms with van der Waals surface area (Å²) in [6, 6.07) is 0. The maximum Gasteiger partial charge on any atom is 0.307 e. The van der Waals surface area contributed by atoms with E-state index in [0.29, 0.717) is 24.0 Å². The number of nitrogens with two attached hydrogens (primary N) is 2. The molecule has 0 rings (SSSR count). The molecule has 0 radical (unpaired) electrons. The summed E-state index contributed by atoms with van der Waals surface area (Å²) >= 11 is 0. The zero-order valence-electron chi connectivity index (χ0n) is 14.7. The highest BCUT2D eigenvalue weighted by molar-refractivity contribution is 5.73. The van der Waals surface area contributed by atoms with Crippen LogP contribution in [-0.2, 0) is 23.9 Å². The standard InChI is InChI=1S/C10H14O5.2C3H7NO/c1-7(3-9(11)12)5-15-6-8(2)4-10(13)14;2*1-2-3(4)5/h1-6H2,(H,11,12)(H,13,14);2*2H2,1H3,(H2,4,5). The quantitative estimate of drug-likeness (QED) is 0.418. The van der Waals surface area contributed by atoms with Crippen molar-refractivity contribution in [3.05, 3.63) is 24.3 Å². The van der Waals surface area contributed by atoms with E-state index in [2.05, 4.69) is 24.6 Å². The number of carboxylic acids is 2. The molecule has 0 heterocycles. The van der Waals surface area contributed by atoms with Gasteiger partial charge in [-0.15, -0.1) is 0 Å². The molecule has 9 heteroatoms. The van der Waals surface area contributed by atoms with Crippen molar-refractivity contribution in [3.8, 4) is 0 Å². The first kappa shape index (κ1) is 27.2. The third kappa shape index (κ3) is 33.9. The highest BCUT2D eigenvalue weighted by Gasteiger charge is 2.04. The minimum Gasteiger partial charge on any atom is -0.481 e. The van der Waals surface area contributed by atoms with E-state index in [-0.39, 0.29) is 37.9 Å². The molecule has 0 unspecified atom stereocenters. The van der Waals surface area contributed by atoms with Crippen LogP contribution in [0, 0.1) is 0 Å². The van der Waals surface area contributed by atoms with Crippen LogP contribution in [0.4, 0.5) is 0 Å². The molecule has 0 atom stereocenters. The van der Waals surface area contributed by atoms with Gasteiger partial charge in [-0.2, -0.15) is 0 Å². The molecule has 0 aliphatic heterocycles. The second-order valence-electron chi connectivity index (χ2n) is 4.77. The van der Waals surface area contributed by atoms with Gasteiger partial charge in [-0.3, -0.25) is 19.2 Å². The monoisotopic (exact) mass is 360 g/mol. The van der Waals surface area contributed by atoms with Gasteiger partial charge < -0.3 is 26.4 Å². The van der Waals surface area contributed by atoms with Gasteiger partial charge in [-0.1, -0.05) is 27.0 Å². The number of hydrogen-bond donors (Lipinski definition) is 4.